The van der Waals surface area contributed by atoms with Gasteiger partial charge in [0.05, 0.1) is 32.4 Å². The number of nitriles is 2. The number of pyridine rings is 1. The van der Waals surface area contributed by atoms with Crippen molar-refractivity contribution in [2.45, 2.75) is 6.92 Å². The summed E-state index contributed by atoms with van der Waals surface area (Å²) >= 11 is 8.11. The van der Waals surface area contributed by atoms with Crippen molar-refractivity contribution < 1.29 is 0 Å². The Morgan fingerprint density at radius 3 is 2.46 bits per heavy atom. The molecule has 4 nitrogen and oxygen atoms in total. The zero-order chi connectivity index (χ0) is 18.8. The van der Waals surface area contributed by atoms with E-state index in [0.29, 0.717) is 33.1 Å². The van der Waals surface area contributed by atoms with Crippen LogP contribution in [0.4, 0.5) is 0 Å². The van der Waals surface area contributed by atoms with Crippen molar-refractivity contribution in [3.8, 4) is 22.6 Å². The second-order valence-corrected chi connectivity index (χ2v) is 7.38. The average molecular weight is 379 g/mol. The van der Waals surface area contributed by atoms with Gasteiger partial charge in [-0.05, 0) is 19.1 Å². The van der Waals surface area contributed by atoms with Gasteiger partial charge in [-0.15, -0.1) is 11.3 Å². The van der Waals surface area contributed by atoms with E-state index in [4.69, 9.17) is 11.6 Å². The van der Waals surface area contributed by atoms with Crippen LogP contribution in [0.2, 0.25) is 5.02 Å². The number of fused-ring (bicyclic) bond motifs is 1. The van der Waals surface area contributed by atoms with Gasteiger partial charge >= 0.3 is 0 Å². The maximum absolute atomic E-state index is 9.82. The third-order valence-electron chi connectivity index (χ3n) is 3.92. The van der Waals surface area contributed by atoms with Crippen molar-refractivity contribution in [1.29, 1.82) is 10.5 Å². The summed E-state index contributed by atoms with van der Waals surface area (Å²) in [6.07, 6.45) is 3.60. The minimum Gasteiger partial charge on any atom is -0.383 e. The first kappa shape index (κ1) is 17.9. The molecule has 128 valence electrons. The maximum atomic E-state index is 9.82. The molecule has 2 aromatic heterocycles. The first-order valence-corrected chi connectivity index (χ1v) is 9.04. The van der Waals surface area contributed by atoms with Crippen LogP contribution >= 0.6 is 22.9 Å². The molecule has 0 aliphatic carbocycles. The van der Waals surface area contributed by atoms with E-state index < -0.39 is 0 Å². The molecular weight excluding hydrogens is 364 g/mol. The highest BCUT2D eigenvalue weighted by Gasteiger charge is 2.23. The van der Waals surface area contributed by atoms with Crippen LogP contribution in [0.3, 0.4) is 0 Å². The van der Waals surface area contributed by atoms with E-state index >= 15 is 0 Å². The molecule has 0 bridgehead atoms. The van der Waals surface area contributed by atoms with Gasteiger partial charge in [-0.1, -0.05) is 29.8 Å². The zero-order valence-corrected chi connectivity index (χ0v) is 16.1. The highest BCUT2D eigenvalue weighted by Crippen LogP contribution is 2.45. The Morgan fingerprint density at radius 2 is 1.85 bits per heavy atom. The molecule has 3 rings (SSSR count). The normalized spacial score (nSPS) is 10.8. The number of aryl methyl sites for hydroxylation is 1. The Balaban J connectivity index is 2.40. The van der Waals surface area contributed by atoms with E-state index in [2.05, 4.69) is 17.1 Å². The molecule has 0 aliphatic rings. The predicted octanol–water partition coefficient (Wildman–Crippen LogP) is 5.20. The van der Waals surface area contributed by atoms with Crippen LogP contribution in [0.15, 0.2) is 30.5 Å². The lowest BCUT2D eigenvalue weighted by atomic mass is 9.98. The van der Waals surface area contributed by atoms with Crippen LogP contribution in [0.1, 0.15) is 22.5 Å². The van der Waals surface area contributed by atoms with Crippen molar-refractivity contribution in [2.75, 3.05) is 14.1 Å². The zero-order valence-electron chi connectivity index (χ0n) is 14.5. The molecule has 0 aliphatic heterocycles. The first-order valence-electron chi connectivity index (χ1n) is 7.84. The van der Waals surface area contributed by atoms with Crippen molar-refractivity contribution in [3.05, 3.63) is 58.0 Å². The summed E-state index contributed by atoms with van der Waals surface area (Å²) in [4.78, 5) is 7.05. The molecule has 0 spiro atoms. The second kappa shape index (κ2) is 7.17. The Hall–Kier alpha value is -2.86. The molecule has 0 fully saturated rings. The van der Waals surface area contributed by atoms with Gasteiger partial charge in [0.25, 0.3) is 0 Å². The summed E-state index contributed by atoms with van der Waals surface area (Å²) in [6, 6.07) is 12.2. The number of rotatable bonds is 3. The van der Waals surface area contributed by atoms with Crippen LogP contribution in [-0.2, 0) is 0 Å². The van der Waals surface area contributed by atoms with E-state index in [1.807, 2.05) is 49.5 Å². The molecule has 2 heterocycles. The molecule has 0 saturated heterocycles. The van der Waals surface area contributed by atoms with Crippen molar-refractivity contribution in [2.24, 2.45) is 0 Å². The van der Waals surface area contributed by atoms with Crippen LogP contribution in [0, 0.1) is 29.6 Å². The minimum absolute atomic E-state index is 0.360. The van der Waals surface area contributed by atoms with Crippen LogP contribution in [0.5, 0.6) is 0 Å². The van der Waals surface area contributed by atoms with E-state index in [0.717, 1.165) is 15.0 Å². The summed E-state index contributed by atoms with van der Waals surface area (Å²) in [6.45, 7) is 1.78. The standard InChI is InChI=1S/C20H15ClN4S/c1-12-14(10-22)18(15(11-23)16(24-12)8-9-25(2)3)20-19(21)13-6-4-5-7-17(13)26-20/h4-9H,1-3H3. The van der Waals surface area contributed by atoms with E-state index in [-0.39, 0.29) is 0 Å². The fraction of sp³-hybridized carbons (Fsp3) is 0.150. The van der Waals surface area contributed by atoms with Crippen molar-refractivity contribution >= 4 is 39.1 Å². The molecule has 0 saturated carbocycles. The van der Waals surface area contributed by atoms with E-state index in [9.17, 15) is 10.5 Å². The molecule has 1 aromatic carbocycles. The summed E-state index contributed by atoms with van der Waals surface area (Å²) < 4.78 is 1.01. The Bertz CT molecular complexity index is 1110. The molecule has 0 amide bonds. The maximum Gasteiger partial charge on any atom is 0.102 e. The molecule has 3 aromatic rings. The third kappa shape index (κ3) is 3.04. The number of nitrogens with zero attached hydrogens (tertiary/aromatic N) is 4. The molecule has 0 unspecified atom stereocenters. The van der Waals surface area contributed by atoms with Gasteiger partial charge in [-0.25, -0.2) is 0 Å². The van der Waals surface area contributed by atoms with Crippen LogP contribution in [0.25, 0.3) is 26.6 Å². The molecule has 0 atom stereocenters. The second-order valence-electron chi connectivity index (χ2n) is 5.95. The molecule has 6 heteroatoms. The Morgan fingerprint density at radius 1 is 1.15 bits per heavy atom. The minimum atomic E-state index is 0.360. The quantitative estimate of drug-likeness (QED) is 0.628. The highest BCUT2D eigenvalue weighted by atomic mass is 35.5. The highest BCUT2D eigenvalue weighted by molar-refractivity contribution is 7.23. The van der Waals surface area contributed by atoms with Crippen LogP contribution in [-0.4, -0.2) is 24.0 Å². The summed E-state index contributed by atoms with van der Waals surface area (Å²) in [7, 11) is 3.78. The SMILES string of the molecule is Cc1nc(C=CN(C)C)c(C#N)c(-c2sc3ccccc3c2Cl)c1C#N. The lowest BCUT2D eigenvalue weighted by Crippen LogP contribution is -2.03. The fourth-order valence-corrected chi connectivity index (χ4v) is 4.30. The molecule has 0 radical (unpaired) electrons. The summed E-state index contributed by atoms with van der Waals surface area (Å²) in [5.74, 6) is 0. The van der Waals surface area contributed by atoms with Gasteiger partial charge in [0, 0.05) is 35.9 Å². The largest absolute Gasteiger partial charge is 0.383 e. The lowest BCUT2D eigenvalue weighted by Gasteiger charge is -2.11. The van der Waals surface area contributed by atoms with Gasteiger partial charge in [-0.2, -0.15) is 10.5 Å². The molecular formula is C20H15ClN4S. The lowest BCUT2D eigenvalue weighted by molar-refractivity contribution is 0.567. The topological polar surface area (TPSA) is 63.7 Å². The van der Waals surface area contributed by atoms with Gasteiger partial charge in [0.15, 0.2) is 0 Å². The number of benzene rings is 1. The molecule has 0 N–H and O–H groups in total. The van der Waals surface area contributed by atoms with Gasteiger partial charge in [0.2, 0.25) is 0 Å². The van der Waals surface area contributed by atoms with Crippen molar-refractivity contribution in [3.63, 3.8) is 0 Å². The van der Waals surface area contributed by atoms with Gasteiger partial charge in [-0.3, -0.25) is 4.98 Å². The number of halogens is 1. The Kier molecular flexibility index (Phi) is 4.95. The fourth-order valence-electron chi connectivity index (χ4n) is 2.72. The first-order chi connectivity index (χ1) is 12.5. The monoisotopic (exact) mass is 378 g/mol. The summed E-state index contributed by atoms with van der Waals surface area (Å²) in [5, 5.41) is 21.0. The van der Waals surface area contributed by atoms with Gasteiger partial charge in [0.1, 0.15) is 12.1 Å². The Labute approximate surface area is 161 Å². The third-order valence-corrected chi connectivity index (χ3v) is 5.62. The number of thiophene rings is 1. The van der Waals surface area contributed by atoms with Crippen molar-refractivity contribution in [1.82, 2.24) is 9.88 Å². The number of hydrogen-bond acceptors (Lipinski definition) is 5. The number of aromatic nitrogens is 1. The summed E-state index contributed by atoms with van der Waals surface area (Å²) in [5.41, 5.74) is 2.41. The average Bonchev–Trinajstić information content (AvgIpc) is 2.96. The van der Waals surface area contributed by atoms with E-state index in [1.165, 1.54) is 11.3 Å². The van der Waals surface area contributed by atoms with Crippen LogP contribution < -0.4 is 0 Å². The molecule has 26 heavy (non-hydrogen) atoms. The predicted molar refractivity (Wildman–Crippen MR) is 107 cm³/mol. The van der Waals surface area contributed by atoms with E-state index in [1.54, 1.807) is 13.0 Å². The smallest absolute Gasteiger partial charge is 0.102 e. The number of hydrogen-bond donors (Lipinski definition) is 0. The van der Waals surface area contributed by atoms with Gasteiger partial charge < -0.3 is 4.90 Å².